The summed E-state index contributed by atoms with van der Waals surface area (Å²) in [4.78, 5) is 47.3. The number of nitriles is 2. The number of benzene rings is 2. The van der Waals surface area contributed by atoms with E-state index in [1.54, 1.807) is 0 Å². The molecule has 2 aromatic carbocycles. The van der Waals surface area contributed by atoms with E-state index in [9.17, 15) is 29.3 Å². The summed E-state index contributed by atoms with van der Waals surface area (Å²) in [6.07, 6.45) is 3.37. The number of halogens is 3. The van der Waals surface area contributed by atoms with E-state index in [1.807, 2.05) is 12.1 Å². The van der Waals surface area contributed by atoms with E-state index in [0.29, 0.717) is 12.8 Å². The summed E-state index contributed by atoms with van der Waals surface area (Å²) in [6.45, 7) is -0.00645. The van der Waals surface area contributed by atoms with Gasteiger partial charge in [0.2, 0.25) is 11.7 Å². The molecule has 0 aliphatic carbocycles. The minimum Gasteiger partial charge on any atom is -0.489 e. The zero-order valence-electron chi connectivity index (χ0n) is 22.4. The molecular weight excluding hydrogens is 616 g/mol. The van der Waals surface area contributed by atoms with Crippen LogP contribution < -0.4 is 10.5 Å². The second-order valence-corrected chi connectivity index (χ2v) is 12.1. The minimum absolute atomic E-state index is 0.0376. The number of carbonyl (C=O) groups excluding carboxylic acids is 3. The molecule has 3 amide bonds. The molecule has 7 rings (SSSR count). The number of fused-ring (bicyclic) bond motifs is 4. The van der Waals surface area contributed by atoms with Gasteiger partial charge in [0.1, 0.15) is 35.4 Å². The van der Waals surface area contributed by atoms with E-state index < -0.39 is 41.1 Å². The smallest absolute Gasteiger partial charge is 0.330 e. The van der Waals surface area contributed by atoms with Crippen LogP contribution in [0.5, 0.6) is 5.75 Å². The van der Waals surface area contributed by atoms with Crippen LogP contribution in [0.15, 0.2) is 30.6 Å². The lowest BCUT2D eigenvalue weighted by atomic mass is 9.87. The Kier molecular flexibility index (Phi) is 6.14. The molecule has 2 saturated heterocycles. The van der Waals surface area contributed by atoms with Gasteiger partial charge in [-0.15, -0.1) is 11.3 Å². The van der Waals surface area contributed by atoms with Gasteiger partial charge in [0.05, 0.1) is 38.9 Å². The average Bonchev–Trinajstić information content (AvgIpc) is 3.76. The Morgan fingerprint density at radius 1 is 1.20 bits per heavy atom. The van der Waals surface area contributed by atoms with Gasteiger partial charge >= 0.3 is 6.03 Å². The van der Waals surface area contributed by atoms with E-state index in [0.717, 1.165) is 32.9 Å². The highest BCUT2D eigenvalue weighted by molar-refractivity contribution is 7.23. The third kappa shape index (κ3) is 3.61. The number of nitrogens with two attached hydrogens (primary N) is 1. The lowest BCUT2D eigenvalue weighted by molar-refractivity contribution is -0.126. The minimum atomic E-state index is -1.16. The standard InChI is InChI=1S/C29H18ClF2N7O4S/c30-23-22(13-2-3-16(31)25-21(13)15(10-33)26(35)44-25)17(32)8-14-24(23)43-12-18-29(9-20(40)39(18)27(14)41)4-1-6-38(29)28(42)37-7-5-36-19(37)11-34/h2-3,5,7-8,18H,1,4,6,9,12,35H2. The summed E-state index contributed by atoms with van der Waals surface area (Å²) in [6, 6.07) is 5.54. The lowest BCUT2D eigenvalue weighted by Crippen LogP contribution is -2.58. The van der Waals surface area contributed by atoms with Gasteiger partial charge in [-0.05, 0) is 30.5 Å². The number of nitrogens with zero attached hydrogens (tertiary/aromatic N) is 6. The van der Waals surface area contributed by atoms with Crippen molar-refractivity contribution in [3.05, 3.63) is 64.2 Å². The normalized spacial score (nSPS) is 20.8. The van der Waals surface area contributed by atoms with Crippen LogP contribution >= 0.6 is 22.9 Å². The lowest BCUT2D eigenvalue weighted by Gasteiger charge is -2.39. The van der Waals surface area contributed by atoms with Crippen LogP contribution in [0, 0.1) is 34.3 Å². The maximum Gasteiger partial charge on any atom is 0.330 e. The SMILES string of the molecule is N#Cc1c(N)sc2c(F)ccc(-c3c(F)cc4c(c3Cl)OCC3N(C(=O)CC35CCCN5C(=O)n3ccnc3C#N)C4=O)c12. The van der Waals surface area contributed by atoms with Gasteiger partial charge in [-0.2, -0.15) is 10.5 Å². The summed E-state index contributed by atoms with van der Waals surface area (Å²) >= 11 is 7.58. The summed E-state index contributed by atoms with van der Waals surface area (Å²) in [5.74, 6) is -3.36. The first-order valence-corrected chi connectivity index (χ1v) is 14.5. The third-order valence-electron chi connectivity index (χ3n) is 8.57. The summed E-state index contributed by atoms with van der Waals surface area (Å²) in [5.41, 5.74) is 4.29. The number of aromatic nitrogens is 2. The molecule has 2 N–H and O–H groups in total. The van der Waals surface area contributed by atoms with Crippen molar-refractivity contribution < 1.29 is 27.9 Å². The van der Waals surface area contributed by atoms with Gasteiger partial charge in [-0.1, -0.05) is 17.7 Å². The van der Waals surface area contributed by atoms with E-state index in [2.05, 4.69) is 4.98 Å². The number of hydrogen-bond donors (Lipinski definition) is 1. The average molecular weight is 634 g/mol. The van der Waals surface area contributed by atoms with Gasteiger partial charge in [0, 0.05) is 29.9 Å². The van der Waals surface area contributed by atoms with Crippen molar-refractivity contribution in [3.8, 4) is 29.0 Å². The molecule has 4 aromatic rings. The van der Waals surface area contributed by atoms with Crippen LogP contribution in [0.3, 0.4) is 0 Å². The number of anilines is 1. The Morgan fingerprint density at radius 2 is 2.00 bits per heavy atom. The van der Waals surface area contributed by atoms with Crippen LogP contribution in [0.2, 0.25) is 5.02 Å². The molecule has 5 heterocycles. The second-order valence-electron chi connectivity index (χ2n) is 10.6. The maximum absolute atomic E-state index is 15.9. The molecule has 15 heteroatoms. The number of ether oxygens (including phenoxy) is 1. The topological polar surface area (TPSA) is 158 Å². The van der Waals surface area contributed by atoms with Crippen molar-refractivity contribution in [3.63, 3.8) is 0 Å². The Bertz CT molecular complexity index is 2060. The van der Waals surface area contributed by atoms with Crippen LogP contribution in [-0.4, -0.2) is 61.9 Å². The van der Waals surface area contributed by atoms with E-state index in [1.165, 1.54) is 23.4 Å². The first-order chi connectivity index (χ1) is 21.1. The van der Waals surface area contributed by atoms with Crippen LogP contribution in [0.4, 0.5) is 18.6 Å². The Hall–Kier alpha value is -5.05. The van der Waals surface area contributed by atoms with Crippen molar-refractivity contribution in [2.24, 2.45) is 0 Å². The number of rotatable bonds is 1. The van der Waals surface area contributed by atoms with Crippen molar-refractivity contribution in [1.82, 2.24) is 19.4 Å². The summed E-state index contributed by atoms with van der Waals surface area (Å²) in [7, 11) is 0. The number of likely N-dealkylation sites (tertiary alicyclic amines) is 1. The highest BCUT2D eigenvalue weighted by Gasteiger charge is 2.61. The van der Waals surface area contributed by atoms with Gasteiger partial charge in [-0.25, -0.2) is 23.1 Å². The molecule has 2 unspecified atom stereocenters. The fourth-order valence-electron chi connectivity index (χ4n) is 6.70. The van der Waals surface area contributed by atoms with Crippen molar-refractivity contribution in [1.29, 1.82) is 10.5 Å². The number of amides is 3. The fraction of sp³-hybridized carbons (Fsp3) is 0.241. The van der Waals surface area contributed by atoms with Gasteiger partial charge in [-0.3, -0.25) is 14.5 Å². The maximum atomic E-state index is 15.9. The summed E-state index contributed by atoms with van der Waals surface area (Å²) < 4.78 is 37.8. The quantitative estimate of drug-likeness (QED) is 0.296. The molecule has 2 fully saturated rings. The first-order valence-electron chi connectivity index (χ1n) is 13.3. The fourth-order valence-corrected chi connectivity index (χ4v) is 8.00. The molecular formula is C29H18ClF2N7O4S. The number of thiophene rings is 1. The molecule has 1 spiro atoms. The molecule has 44 heavy (non-hydrogen) atoms. The van der Waals surface area contributed by atoms with E-state index >= 15 is 4.39 Å². The molecule has 0 saturated carbocycles. The third-order valence-corrected chi connectivity index (χ3v) is 9.96. The Morgan fingerprint density at radius 3 is 2.75 bits per heavy atom. The number of imide groups is 1. The molecule has 0 bridgehead atoms. The predicted octanol–water partition coefficient (Wildman–Crippen LogP) is 4.66. The molecule has 220 valence electrons. The van der Waals surface area contributed by atoms with E-state index in [4.69, 9.17) is 22.1 Å². The zero-order valence-corrected chi connectivity index (χ0v) is 24.0. The van der Waals surface area contributed by atoms with Crippen LogP contribution in [0.1, 0.15) is 41.0 Å². The molecule has 2 atom stereocenters. The van der Waals surface area contributed by atoms with E-state index in [-0.39, 0.29) is 73.5 Å². The van der Waals surface area contributed by atoms with Gasteiger partial charge < -0.3 is 15.4 Å². The van der Waals surface area contributed by atoms with Crippen molar-refractivity contribution in [2.75, 3.05) is 18.9 Å². The highest BCUT2D eigenvalue weighted by atomic mass is 35.5. The molecule has 3 aliphatic rings. The van der Waals surface area contributed by atoms with Crippen LogP contribution in [0.25, 0.3) is 21.2 Å². The Balaban J connectivity index is 1.34. The second kappa shape index (κ2) is 9.74. The Labute approximate surface area is 256 Å². The van der Waals surface area contributed by atoms with Crippen molar-refractivity contribution >= 4 is 55.9 Å². The number of imidazole rings is 1. The van der Waals surface area contributed by atoms with Crippen molar-refractivity contribution in [2.45, 2.75) is 30.8 Å². The van der Waals surface area contributed by atoms with Crippen LogP contribution in [-0.2, 0) is 4.79 Å². The number of hydrogen-bond acceptors (Lipinski definition) is 9. The van der Waals surface area contributed by atoms with Gasteiger partial charge in [0.15, 0.2) is 5.75 Å². The largest absolute Gasteiger partial charge is 0.489 e. The number of carbonyl (C=O) groups is 3. The first kappa shape index (κ1) is 27.8. The number of nitrogen functional groups attached to an aromatic ring is 1. The zero-order chi connectivity index (χ0) is 31.1. The molecule has 0 radical (unpaired) electrons. The monoisotopic (exact) mass is 633 g/mol. The molecule has 2 aromatic heterocycles. The predicted molar refractivity (Wildman–Crippen MR) is 153 cm³/mol. The van der Waals surface area contributed by atoms with Gasteiger partial charge in [0.25, 0.3) is 5.91 Å². The molecule has 3 aliphatic heterocycles. The molecule has 11 nitrogen and oxygen atoms in total. The summed E-state index contributed by atoms with van der Waals surface area (Å²) in [5, 5.41) is 18.9. The highest BCUT2D eigenvalue weighted by Crippen LogP contribution is 2.50.